The van der Waals surface area contributed by atoms with Gasteiger partial charge in [-0.25, -0.2) is 0 Å². The SMILES string of the molecule is CC1(C(=O)O)CCC2(CO)CCC3(CO)C(=CCC4C5(C)CCC(OC6OC(CO)C(O)C(O)C6O)C(C)(C)C5CCC43C)C2C1. The van der Waals surface area contributed by atoms with E-state index in [4.69, 9.17) is 9.47 Å². The Hall–Kier alpha value is -1.11. The Bertz CT molecular complexity index is 1220. The van der Waals surface area contributed by atoms with Crippen LogP contribution in [-0.4, -0.2) is 98.3 Å². The standard InChI is InChI=1S/C36H58O10/c1-31(2)23-8-11-34(5)24(33(23,4)10-9-25(31)46-29-28(42)27(41)26(40)22(17-37)45-29)7-6-20-21-16-32(3,30(43)44)12-13-35(21,18-38)14-15-36(20,34)19-39/h6,21-29,37-42H,7-19H2,1-5H3,(H,43,44). The molecule has 0 spiro atoms. The summed E-state index contributed by atoms with van der Waals surface area (Å²) in [4.78, 5) is 12.4. The molecule has 5 aliphatic carbocycles. The molecular formula is C36H58O10. The Labute approximate surface area is 273 Å². The second-order valence-corrected chi connectivity index (χ2v) is 17.5. The summed E-state index contributed by atoms with van der Waals surface area (Å²) in [6.07, 6.45) is 3.05. The highest BCUT2D eigenvalue weighted by Gasteiger charge is 2.70. The quantitative estimate of drug-likeness (QED) is 0.167. The van der Waals surface area contributed by atoms with Crippen molar-refractivity contribution in [3.05, 3.63) is 11.6 Å². The molecule has 0 aromatic rings. The molecule has 0 aromatic heterocycles. The lowest BCUT2D eigenvalue weighted by atomic mass is 9.33. The number of rotatable bonds is 6. The predicted molar refractivity (Wildman–Crippen MR) is 168 cm³/mol. The van der Waals surface area contributed by atoms with Crippen LogP contribution in [-0.2, 0) is 14.3 Å². The summed E-state index contributed by atoms with van der Waals surface area (Å²) in [5, 5.41) is 73.5. The first-order valence-corrected chi connectivity index (χ1v) is 17.6. The molecular weight excluding hydrogens is 592 g/mol. The van der Waals surface area contributed by atoms with E-state index in [0.717, 1.165) is 38.5 Å². The van der Waals surface area contributed by atoms with Gasteiger partial charge in [-0.05, 0) is 105 Å². The highest BCUT2D eigenvalue weighted by Crippen LogP contribution is 2.75. The van der Waals surface area contributed by atoms with Gasteiger partial charge in [0, 0.05) is 17.4 Å². The van der Waals surface area contributed by atoms with Gasteiger partial charge < -0.3 is 45.2 Å². The van der Waals surface area contributed by atoms with Gasteiger partial charge in [0.25, 0.3) is 0 Å². The van der Waals surface area contributed by atoms with Crippen LogP contribution >= 0.6 is 0 Å². The van der Waals surface area contributed by atoms with Crippen molar-refractivity contribution < 1.29 is 50.0 Å². The van der Waals surface area contributed by atoms with E-state index in [-0.39, 0.29) is 58.7 Å². The van der Waals surface area contributed by atoms with Crippen LogP contribution in [0.4, 0.5) is 0 Å². The molecule has 14 atom stereocenters. The van der Waals surface area contributed by atoms with E-state index in [1.807, 2.05) is 6.92 Å². The number of aliphatic hydroxyl groups is 6. The van der Waals surface area contributed by atoms with Gasteiger partial charge in [-0.2, -0.15) is 0 Å². The molecule has 6 rings (SSSR count). The van der Waals surface area contributed by atoms with Gasteiger partial charge in [0.15, 0.2) is 6.29 Å². The van der Waals surface area contributed by atoms with Crippen LogP contribution in [0.2, 0.25) is 0 Å². The van der Waals surface area contributed by atoms with Crippen LogP contribution in [0.5, 0.6) is 0 Å². The first kappa shape index (κ1) is 34.7. The minimum Gasteiger partial charge on any atom is -0.481 e. The molecule has 10 nitrogen and oxygen atoms in total. The fourth-order valence-electron chi connectivity index (χ4n) is 12.4. The smallest absolute Gasteiger partial charge is 0.309 e. The van der Waals surface area contributed by atoms with Crippen molar-refractivity contribution in [2.45, 2.75) is 136 Å². The number of aliphatic hydroxyl groups excluding tert-OH is 6. The normalized spacial score (nSPS) is 53.2. The number of carboxylic acid groups (broad SMARTS) is 1. The molecule has 0 bridgehead atoms. The zero-order valence-electron chi connectivity index (χ0n) is 28.3. The molecule has 7 N–H and O–H groups in total. The van der Waals surface area contributed by atoms with E-state index in [2.05, 4.69) is 33.8 Å². The van der Waals surface area contributed by atoms with Crippen molar-refractivity contribution in [1.82, 2.24) is 0 Å². The third-order valence-corrected chi connectivity index (χ3v) is 15.4. The maximum Gasteiger partial charge on any atom is 0.309 e. The van der Waals surface area contributed by atoms with Gasteiger partial charge in [0.1, 0.15) is 24.4 Å². The Kier molecular flexibility index (Phi) is 8.66. The maximum atomic E-state index is 12.4. The van der Waals surface area contributed by atoms with Crippen molar-refractivity contribution in [1.29, 1.82) is 0 Å². The van der Waals surface area contributed by atoms with Crippen LogP contribution in [0, 0.1) is 50.2 Å². The zero-order valence-corrected chi connectivity index (χ0v) is 28.3. The molecule has 1 heterocycles. The lowest BCUT2D eigenvalue weighted by molar-refractivity contribution is -0.330. The van der Waals surface area contributed by atoms with Crippen molar-refractivity contribution in [2.24, 2.45) is 50.2 Å². The minimum absolute atomic E-state index is 0.0145. The summed E-state index contributed by atoms with van der Waals surface area (Å²) in [7, 11) is 0. The molecule has 6 aliphatic rings. The second-order valence-electron chi connectivity index (χ2n) is 17.5. The third kappa shape index (κ3) is 4.60. The molecule has 0 aromatic carbocycles. The fourth-order valence-corrected chi connectivity index (χ4v) is 12.4. The highest BCUT2D eigenvalue weighted by atomic mass is 16.7. The van der Waals surface area contributed by atoms with Crippen LogP contribution in [0.25, 0.3) is 0 Å². The lowest BCUT2D eigenvalue weighted by Crippen LogP contribution is -2.67. The number of allylic oxidation sites excluding steroid dienone is 1. The van der Waals surface area contributed by atoms with Gasteiger partial charge in [-0.15, -0.1) is 0 Å². The Balaban J connectivity index is 1.31. The fraction of sp³-hybridized carbons (Fsp3) is 0.917. The van der Waals surface area contributed by atoms with Gasteiger partial charge in [-0.1, -0.05) is 39.3 Å². The topological polar surface area (TPSA) is 177 Å². The summed E-state index contributed by atoms with van der Waals surface area (Å²) >= 11 is 0. The number of fused-ring (bicyclic) bond motifs is 7. The molecule has 0 radical (unpaired) electrons. The van der Waals surface area contributed by atoms with E-state index < -0.39 is 54.1 Å². The van der Waals surface area contributed by atoms with E-state index in [0.29, 0.717) is 25.7 Å². The molecule has 14 unspecified atom stereocenters. The Morgan fingerprint density at radius 3 is 2.20 bits per heavy atom. The molecule has 4 saturated carbocycles. The Morgan fingerprint density at radius 1 is 0.870 bits per heavy atom. The maximum absolute atomic E-state index is 12.4. The highest BCUT2D eigenvalue weighted by molar-refractivity contribution is 5.74. The number of carboxylic acids is 1. The zero-order chi connectivity index (χ0) is 33.7. The summed E-state index contributed by atoms with van der Waals surface area (Å²) in [5.74, 6) is -0.316. The monoisotopic (exact) mass is 650 g/mol. The first-order valence-electron chi connectivity index (χ1n) is 17.6. The summed E-state index contributed by atoms with van der Waals surface area (Å²) in [5.41, 5.74) is -1.09. The van der Waals surface area contributed by atoms with Crippen molar-refractivity contribution in [2.75, 3.05) is 19.8 Å². The van der Waals surface area contributed by atoms with Crippen molar-refractivity contribution in [3.63, 3.8) is 0 Å². The average molecular weight is 651 g/mol. The van der Waals surface area contributed by atoms with Gasteiger partial charge in [0.05, 0.1) is 24.7 Å². The van der Waals surface area contributed by atoms with Gasteiger partial charge >= 0.3 is 5.97 Å². The molecule has 0 amide bonds. The van der Waals surface area contributed by atoms with Crippen molar-refractivity contribution in [3.8, 4) is 0 Å². The Morgan fingerprint density at radius 2 is 1.57 bits per heavy atom. The molecule has 1 aliphatic heterocycles. The second kappa shape index (κ2) is 11.5. The number of aliphatic carboxylic acids is 1. The predicted octanol–water partition coefficient (Wildman–Crippen LogP) is 3.00. The molecule has 262 valence electrons. The molecule has 10 heteroatoms. The van der Waals surface area contributed by atoms with Gasteiger partial charge in [0.2, 0.25) is 0 Å². The summed E-state index contributed by atoms with van der Waals surface area (Å²) in [6.45, 7) is 10.6. The molecule has 1 saturated heterocycles. The average Bonchev–Trinajstić information content (AvgIpc) is 3.02. The van der Waals surface area contributed by atoms with E-state index in [1.54, 1.807) is 0 Å². The summed E-state index contributed by atoms with van der Waals surface area (Å²) < 4.78 is 12.2. The summed E-state index contributed by atoms with van der Waals surface area (Å²) in [6, 6.07) is 0. The lowest BCUT2D eigenvalue weighted by Gasteiger charge is -2.71. The van der Waals surface area contributed by atoms with Crippen LogP contribution in [0.3, 0.4) is 0 Å². The van der Waals surface area contributed by atoms with Crippen molar-refractivity contribution >= 4 is 5.97 Å². The first-order chi connectivity index (χ1) is 21.5. The van der Waals surface area contributed by atoms with E-state index in [1.165, 1.54) is 5.57 Å². The largest absolute Gasteiger partial charge is 0.481 e. The number of carbonyl (C=O) groups is 1. The number of hydrogen-bond donors (Lipinski definition) is 7. The van der Waals surface area contributed by atoms with Crippen LogP contribution in [0.1, 0.15) is 98.8 Å². The minimum atomic E-state index is -1.49. The van der Waals surface area contributed by atoms with Gasteiger partial charge in [-0.3, -0.25) is 4.79 Å². The number of hydrogen-bond acceptors (Lipinski definition) is 9. The van der Waals surface area contributed by atoms with Crippen LogP contribution in [0.15, 0.2) is 11.6 Å². The molecule has 46 heavy (non-hydrogen) atoms. The van der Waals surface area contributed by atoms with E-state index >= 15 is 0 Å². The third-order valence-electron chi connectivity index (χ3n) is 15.4. The molecule has 5 fully saturated rings. The van der Waals surface area contributed by atoms with Crippen LogP contribution < -0.4 is 0 Å². The number of ether oxygens (including phenoxy) is 2. The van der Waals surface area contributed by atoms with E-state index in [9.17, 15) is 40.5 Å².